The van der Waals surface area contributed by atoms with Crippen molar-refractivity contribution >= 4 is 11.7 Å². The highest BCUT2D eigenvalue weighted by atomic mass is 19.1. The topological polar surface area (TPSA) is 72.5 Å². The Morgan fingerprint density at radius 1 is 1.29 bits per heavy atom. The van der Waals surface area contributed by atoms with Crippen LogP contribution in [0.1, 0.15) is 29.3 Å². The molecule has 0 spiro atoms. The highest BCUT2D eigenvalue weighted by molar-refractivity contribution is 5.94. The number of nitrogens with two attached hydrogens (primary N) is 1. The number of carbonyl (C=O) groups is 1. The second kappa shape index (κ2) is 6.26. The van der Waals surface area contributed by atoms with E-state index in [9.17, 15) is 9.18 Å². The molecule has 0 saturated carbocycles. The number of nitrogen functional groups attached to an aromatic ring is 1. The van der Waals surface area contributed by atoms with E-state index in [0.717, 1.165) is 30.5 Å². The van der Waals surface area contributed by atoms with Crippen LogP contribution >= 0.6 is 0 Å². The third-order valence-corrected chi connectivity index (χ3v) is 3.02. The minimum absolute atomic E-state index is 0.134. The lowest BCUT2D eigenvalue weighted by atomic mass is 10.1. The van der Waals surface area contributed by atoms with Gasteiger partial charge in [0, 0.05) is 17.8 Å². The van der Waals surface area contributed by atoms with Crippen molar-refractivity contribution in [3.05, 3.63) is 53.3 Å². The molecule has 0 amide bonds. The zero-order valence-corrected chi connectivity index (χ0v) is 11.6. The molecule has 110 valence electrons. The summed E-state index contributed by atoms with van der Waals surface area (Å²) in [5.41, 5.74) is 6.30. The Hall–Kier alpha value is -2.56. The Bertz CT molecular complexity index is 653. The fraction of sp³-hybridized carbons (Fsp3) is 0.188. The van der Waals surface area contributed by atoms with Crippen LogP contribution in [0.25, 0.3) is 0 Å². The lowest BCUT2D eigenvalue weighted by molar-refractivity contribution is 0.0697. The molecule has 2 rings (SSSR count). The molecule has 21 heavy (non-hydrogen) atoms. The molecule has 3 N–H and O–H groups in total. The summed E-state index contributed by atoms with van der Waals surface area (Å²) < 4.78 is 19.2. The van der Waals surface area contributed by atoms with Gasteiger partial charge in [0.2, 0.25) is 0 Å². The maximum absolute atomic E-state index is 13.8. The first kappa shape index (κ1) is 14.8. The fourth-order valence-electron chi connectivity index (χ4n) is 1.97. The van der Waals surface area contributed by atoms with E-state index in [-0.39, 0.29) is 17.0 Å². The normalized spacial score (nSPS) is 10.4. The van der Waals surface area contributed by atoms with Gasteiger partial charge in [0.25, 0.3) is 0 Å². The van der Waals surface area contributed by atoms with Gasteiger partial charge in [0.15, 0.2) is 11.6 Å². The van der Waals surface area contributed by atoms with Gasteiger partial charge in [-0.25, -0.2) is 9.18 Å². The van der Waals surface area contributed by atoms with Gasteiger partial charge in [0.1, 0.15) is 5.75 Å². The third-order valence-electron chi connectivity index (χ3n) is 3.02. The molecular formula is C16H16FNO3. The Morgan fingerprint density at radius 3 is 2.52 bits per heavy atom. The molecule has 4 nitrogen and oxygen atoms in total. The minimum atomic E-state index is -1.23. The Kier molecular flexibility index (Phi) is 4.42. The number of anilines is 1. The lowest BCUT2D eigenvalue weighted by Crippen LogP contribution is -2.04. The van der Waals surface area contributed by atoms with E-state index < -0.39 is 11.8 Å². The minimum Gasteiger partial charge on any atom is -0.478 e. The maximum atomic E-state index is 13.8. The molecule has 0 aliphatic carbocycles. The number of carboxylic acids is 1. The second-order valence-corrected chi connectivity index (χ2v) is 4.67. The van der Waals surface area contributed by atoms with E-state index in [1.807, 2.05) is 12.1 Å². The lowest BCUT2D eigenvalue weighted by Gasteiger charge is -2.10. The van der Waals surface area contributed by atoms with Crippen molar-refractivity contribution in [1.29, 1.82) is 0 Å². The number of hydrogen-bond donors (Lipinski definition) is 2. The molecule has 0 radical (unpaired) electrons. The smallest absolute Gasteiger partial charge is 0.337 e. The van der Waals surface area contributed by atoms with Crippen molar-refractivity contribution in [2.45, 2.75) is 19.8 Å². The Balaban J connectivity index is 2.26. The van der Waals surface area contributed by atoms with Crippen LogP contribution in [0.15, 0.2) is 36.4 Å². The first-order chi connectivity index (χ1) is 10.0. The molecular weight excluding hydrogens is 273 g/mol. The van der Waals surface area contributed by atoms with E-state index in [2.05, 4.69) is 6.92 Å². The Labute approximate surface area is 122 Å². The summed E-state index contributed by atoms with van der Waals surface area (Å²) in [6.45, 7) is 2.08. The molecule has 0 aliphatic heterocycles. The van der Waals surface area contributed by atoms with Crippen LogP contribution in [-0.4, -0.2) is 11.1 Å². The van der Waals surface area contributed by atoms with Gasteiger partial charge >= 0.3 is 5.97 Å². The van der Waals surface area contributed by atoms with Gasteiger partial charge in [-0.3, -0.25) is 0 Å². The van der Waals surface area contributed by atoms with Gasteiger partial charge in [-0.05, 0) is 24.1 Å². The zero-order chi connectivity index (χ0) is 15.4. The summed E-state index contributed by atoms with van der Waals surface area (Å²) >= 11 is 0. The highest BCUT2D eigenvalue weighted by Crippen LogP contribution is 2.29. The number of ether oxygens (including phenoxy) is 1. The van der Waals surface area contributed by atoms with Gasteiger partial charge in [0.05, 0.1) is 5.56 Å². The first-order valence-electron chi connectivity index (χ1n) is 6.60. The van der Waals surface area contributed by atoms with Crippen molar-refractivity contribution in [1.82, 2.24) is 0 Å². The number of aryl methyl sites for hydroxylation is 1. The Morgan fingerprint density at radius 2 is 1.95 bits per heavy atom. The van der Waals surface area contributed by atoms with Crippen LogP contribution in [0.5, 0.6) is 11.5 Å². The third kappa shape index (κ3) is 3.51. The summed E-state index contributed by atoms with van der Waals surface area (Å²) in [5, 5.41) is 8.98. The van der Waals surface area contributed by atoms with Crippen molar-refractivity contribution in [3.8, 4) is 11.5 Å². The number of carboxylic acid groups (broad SMARTS) is 1. The molecule has 0 unspecified atom stereocenters. The van der Waals surface area contributed by atoms with Crippen molar-refractivity contribution in [2.24, 2.45) is 0 Å². The quantitative estimate of drug-likeness (QED) is 0.820. The summed E-state index contributed by atoms with van der Waals surface area (Å²) in [6, 6.07) is 9.28. The van der Waals surface area contributed by atoms with Crippen LogP contribution < -0.4 is 10.5 Å². The van der Waals surface area contributed by atoms with Gasteiger partial charge < -0.3 is 15.6 Å². The maximum Gasteiger partial charge on any atom is 0.337 e. The number of halogens is 1. The number of benzene rings is 2. The highest BCUT2D eigenvalue weighted by Gasteiger charge is 2.14. The number of hydrogen-bond acceptors (Lipinski definition) is 3. The molecule has 0 bridgehead atoms. The predicted molar refractivity (Wildman–Crippen MR) is 78.3 cm³/mol. The molecule has 2 aromatic rings. The van der Waals surface area contributed by atoms with E-state index in [1.54, 1.807) is 12.1 Å². The summed E-state index contributed by atoms with van der Waals surface area (Å²) in [5.74, 6) is -1.65. The average Bonchev–Trinajstić information content (AvgIpc) is 2.43. The molecule has 5 heteroatoms. The second-order valence-electron chi connectivity index (χ2n) is 4.67. The van der Waals surface area contributed by atoms with Crippen molar-refractivity contribution < 1.29 is 19.0 Å². The van der Waals surface area contributed by atoms with Crippen LogP contribution in [0, 0.1) is 5.82 Å². The predicted octanol–water partition coefficient (Wildman–Crippen LogP) is 3.85. The molecule has 0 heterocycles. The standard InChI is InChI=1S/C16H16FNO3/c1-2-3-10-4-6-11(7-5-10)21-15-8-12(16(19)20)14(18)9-13(15)17/h4-9H,2-3,18H2,1H3,(H,19,20). The van der Waals surface area contributed by atoms with Gasteiger partial charge in [-0.2, -0.15) is 0 Å². The van der Waals surface area contributed by atoms with Gasteiger partial charge in [-0.1, -0.05) is 25.5 Å². The molecule has 0 atom stereocenters. The zero-order valence-electron chi connectivity index (χ0n) is 11.6. The first-order valence-corrected chi connectivity index (χ1v) is 6.60. The van der Waals surface area contributed by atoms with Crippen LogP contribution in [-0.2, 0) is 6.42 Å². The summed E-state index contributed by atoms with van der Waals surface area (Å²) in [6.07, 6.45) is 1.99. The van der Waals surface area contributed by atoms with Gasteiger partial charge in [-0.15, -0.1) is 0 Å². The molecule has 0 aliphatic rings. The van der Waals surface area contributed by atoms with Crippen molar-refractivity contribution in [3.63, 3.8) is 0 Å². The molecule has 0 aromatic heterocycles. The van der Waals surface area contributed by atoms with E-state index in [1.165, 1.54) is 0 Å². The SMILES string of the molecule is CCCc1ccc(Oc2cc(C(=O)O)c(N)cc2F)cc1. The number of rotatable bonds is 5. The largest absolute Gasteiger partial charge is 0.478 e. The summed E-state index contributed by atoms with van der Waals surface area (Å²) in [4.78, 5) is 11.0. The molecule has 0 saturated heterocycles. The van der Waals surface area contributed by atoms with E-state index in [0.29, 0.717) is 5.75 Å². The van der Waals surface area contributed by atoms with Crippen LogP contribution in [0.2, 0.25) is 0 Å². The average molecular weight is 289 g/mol. The van der Waals surface area contributed by atoms with E-state index in [4.69, 9.17) is 15.6 Å². The van der Waals surface area contributed by atoms with E-state index >= 15 is 0 Å². The molecule has 2 aromatic carbocycles. The fourth-order valence-corrected chi connectivity index (χ4v) is 1.97. The number of aromatic carboxylic acids is 1. The molecule has 0 fully saturated rings. The summed E-state index contributed by atoms with van der Waals surface area (Å²) in [7, 11) is 0. The monoisotopic (exact) mass is 289 g/mol. The van der Waals surface area contributed by atoms with Crippen LogP contribution in [0.3, 0.4) is 0 Å². The van der Waals surface area contributed by atoms with Crippen LogP contribution in [0.4, 0.5) is 10.1 Å². The van der Waals surface area contributed by atoms with Crippen molar-refractivity contribution in [2.75, 3.05) is 5.73 Å².